The van der Waals surface area contributed by atoms with Crippen LogP contribution in [0.1, 0.15) is 11.1 Å². The van der Waals surface area contributed by atoms with Crippen LogP contribution < -0.4 is 5.32 Å². The number of halogens is 3. The van der Waals surface area contributed by atoms with Crippen molar-refractivity contribution in [2.24, 2.45) is 0 Å². The molecule has 2 aromatic carbocycles. The van der Waals surface area contributed by atoms with Crippen LogP contribution in [0.15, 0.2) is 40.9 Å². The Kier molecular flexibility index (Phi) is 4.13. The van der Waals surface area contributed by atoms with Crippen LogP contribution in [0.3, 0.4) is 0 Å². The fourth-order valence-electron chi connectivity index (χ4n) is 1.64. The van der Waals surface area contributed by atoms with Crippen molar-refractivity contribution in [3.05, 3.63) is 63.6 Å². The van der Waals surface area contributed by atoms with E-state index in [1.165, 1.54) is 30.3 Å². The van der Waals surface area contributed by atoms with Crippen molar-refractivity contribution >= 4 is 21.6 Å². The summed E-state index contributed by atoms with van der Waals surface area (Å²) in [4.78, 5) is 0. The first-order valence-corrected chi connectivity index (χ1v) is 6.26. The molecule has 0 unspecified atom stereocenters. The molecule has 0 atom stereocenters. The third-order valence-electron chi connectivity index (χ3n) is 2.51. The maximum absolute atomic E-state index is 13.2. The number of rotatable bonds is 3. The Labute approximate surface area is 117 Å². The lowest BCUT2D eigenvalue weighted by atomic mass is 10.2. The van der Waals surface area contributed by atoms with Crippen molar-refractivity contribution in [3.63, 3.8) is 0 Å². The standard InChI is InChI=1S/C14H9BrF2N2/c15-11-3-9(4-12(16)6-11)8-19-13-1-2-14(17)10(5-13)7-18/h1-6,19H,8H2. The molecular weight excluding hydrogens is 314 g/mol. The van der Waals surface area contributed by atoms with Crippen LogP contribution in [0.5, 0.6) is 0 Å². The maximum atomic E-state index is 13.2. The molecule has 0 heterocycles. The first kappa shape index (κ1) is 13.5. The van der Waals surface area contributed by atoms with Crippen LogP contribution >= 0.6 is 15.9 Å². The summed E-state index contributed by atoms with van der Waals surface area (Å²) in [5, 5.41) is 11.7. The quantitative estimate of drug-likeness (QED) is 0.918. The van der Waals surface area contributed by atoms with Gasteiger partial charge in [-0.2, -0.15) is 5.26 Å². The number of nitriles is 1. The summed E-state index contributed by atoms with van der Waals surface area (Å²) in [5.41, 5.74) is 1.33. The third kappa shape index (κ3) is 3.52. The van der Waals surface area contributed by atoms with E-state index in [4.69, 9.17) is 5.26 Å². The number of nitrogens with one attached hydrogen (secondary N) is 1. The number of hydrogen-bond donors (Lipinski definition) is 1. The molecule has 1 N–H and O–H groups in total. The molecule has 0 aliphatic rings. The Morgan fingerprint density at radius 3 is 2.63 bits per heavy atom. The first-order chi connectivity index (χ1) is 9.08. The molecule has 0 amide bonds. The molecular formula is C14H9BrF2N2. The average Bonchev–Trinajstić information content (AvgIpc) is 2.36. The summed E-state index contributed by atoms with van der Waals surface area (Å²) in [6.07, 6.45) is 0. The highest BCUT2D eigenvalue weighted by Crippen LogP contribution is 2.18. The van der Waals surface area contributed by atoms with E-state index < -0.39 is 5.82 Å². The molecule has 2 aromatic rings. The van der Waals surface area contributed by atoms with Crippen molar-refractivity contribution in [2.45, 2.75) is 6.54 Å². The Bertz CT molecular complexity index is 630. The second-order valence-electron chi connectivity index (χ2n) is 3.94. The molecule has 0 saturated heterocycles. The van der Waals surface area contributed by atoms with Gasteiger partial charge >= 0.3 is 0 Å². The van der Waals surface area contributed by atoms with Crippen LogP contribution in [0, 0.1) is 23.0 Å². The molecule has 0 aliphatic carbocycles. The molecule has 0 radical (unpaired) electrons. The molecule has 96 valence electrons. The Morgan fingerprint density at radius 1 is 1.16 bits per heavy atom. The highest BCUT2D eigenvalue weighted by Gasteiger charge is 2.03. The van der Waals surface area contributed by atoms with Crippen LogP contribution in [0.25, 0.3) is 0 Å². The number of hydrogen-bond acceptors (Lipinski definition) is 2. The van der Waals surface area contributed by atoms with Gasteiger partial charge in [0.05, 0.1) is 5.56 Å². The maximum Gasteiger partial charge on any atom is 0.141 e. The van der Waals surface area contributed by atoms with Crippen LogP contribution in [0.2, 0.25) is 0 Å². The zero-order chi connectivity index (χ0) is 13.8. The monoisotopic (exact) mass is 322 g/mol. The van der Waals surface area contributed by atoms with Gasteiger partial charge in [0.2, 0.25) is 0 Å². The van der Waals surface area contributed by atoms with E-state index in [2.05, 4.69) is 21.2 Å². The molecule has 0 spiro atoms. The number of anilines is 1. The van der Waals surface area contributed by atoms with Gasteiger partial charge in [0.1, 0.15) is 17.7 Å². The predicted octanol–water partition coefficient (Wildman–Crippen LogP) is 4.21. The largest absolute Gasteiger partial charge is 0.381 e. The van der Waals surface area contributed by atoms with Crippen LogP contribution in [-0.4, -0.2) is 0 Å². The lowest BCUT2D eigenvalue weighted by Gasteiger charge is -2.08. The van der Waals surface area contributed by atoms with E-state index in [9.17, 15) is 8.78 Å². The summed E-state index contributed by atoms with van der Waals surface area (Å²) in [6.45, 7) is 0.382. The predicted molar refractivity (Wildman–Crippen MR) is 72.5 cm³/mol. The molecule has 2 rings (SSSR count). The van der Waals surface area contributed by atoms with Crippen LogP contribution in [-0.2, 0) is 6.54 Å². The summed E-state index contributed by atoms with van der Waals surface area (Å²) in [5.74, 6) is -0.885. The van der Waals surface area contributed by atoms with E-state index >= 15 is 0 Å². The van der Waals surface area contributed by atoms with Gasteiger partial charge < -0.3 is 5.32 Å². The van der Waals surface area contributed by atoms with Gasteiger partial charge in [0.15, 0.2) is 0 Å². The average molecular weight is 323 g/mol. The van der Waals surface area contributed by atoms with Crippen molar-refractivity contribution in [1.82, 2.24) is 0 Å². The van der Waals surface area contributed by atoms with Crippen LogP contribution in [0.4, 0.5) is 14.5 Å². The lowest BCUT2D eigenvalue weighted by Crippen LogP contribution is -2.00. The van der Waals surface area contributed by atoms with E-state index in [0.29, 0.717) is 16.7 Å². The zero-order valence-corrected chi connectivity index (χ0v) is 11.3. The van der Waals surface area contributed by atoms with Crippen molar-refractivity contribution < 1.29 is 8.78 Å². The van der Waals surface area contributed by atoms with Gasteiger partial charge in [0.25, 0.3) is 0 Å². The van der Waals surface area contributed by atoms with Gasteiger partial charge in [0, 0.05) is 16.7 Å². The van der Waals surface area contributed by atoms with Crippen molar-refractivity contribution in [1.29, 1.82) is 5.26 Å². The summed E-state index contributed by atoms with van der Waals surface area (Å²) in [7, 11) is 0. The molecule has 2 nitrogen and oxygen atoms in total. The fraction of sp³-hybridized carbons (Fsp3) is 0.0714. The van der Waals surface area contributed by atoms with E-state index in [1.807, 2.05) is 0 Å². The third-order valence-corrected chi connectivity index (χ3v) is 2.96. The second-order valence-corrected chi connectivity index (χ2v) is 4.85. The molecule has 5 heteroatoms. The van der Waals surface area contributed by atoms with Crippen molar-refractivity contribution in [2.75, 3.05) is 5.32 Å². The molecule has 0 aromatic heterocycles. The molecule has 19 heavy (non-hydrogen) atoms. The summed E-state index contributed by atoms with van der Waals surface area (Å²) in [6, 6.07) is 10.5. The topological polar surface area (TPSA) is 35.8 Å². The molecule has 0 aliphatic heterocycles. The summed E-state index contributed by atoms with van der Waals surface area (Å²) >= 11 is 3.21. The number of benzene rings is 2. The normalized spacial score (nSPS) is 10.0. The second kappa shape index (κ2) is 5.81. The SMILES string of the molecule is N#Cc1cc(NCc2cc(F)cc(Br)c2)ccc1F. The molecule has 0 bridgehead atoms. The van der Waals surface area contributed by atoms with Crippen molar-refractivity contribution in [3.8, 4) is 6.07 Å². The van der Waals surface area contributed by atoms with E-state index in [0.717, 1.165) is 5.56 Å². The highest BCUT2D eigenvalue weighted by atomic mass is 79.9. The Balaban J connectivity index is 2.12. The smallest absolute Gasteiger partial charge is 0.141 e. The first-order valence-electron chi connectivity index (χ1n) is 5.47. The Hall–Kier alpha value is -1.93. The zero-order valence-electron chi connectivity index (χ0n) is 9.75. The van der Waals surface area contributed by atoms with Gasteiger partial charge in [-0.05, 0) is 42.0 Å². The minimum Gasteiger partial charge on any atom is -0.381 e. The lowest BCUT2D eigenvalue weighted by molar-refractivity contribution is 0.624. The number of nitrogens with zero attached hydrogens (tertiary/aromatic N) is 1. The Morgan fingerprint density at radius 2 is 1.95 bits per heavy atom. The van der Waals surface area contributed by atoms with Gasteiger partial charge in [-0.15, -0.1) is 0 Å². The van der Waals surface area contributed by atoms with Gasteiger partial charge in [-0.3, -0.25) is 0 Å². The van der Waals surface area contributed by atoms with Gasteiger partial charge in [-0.25, -0.2) is 8.78 Å². The molecule has 0 saturated carbocycles. The fourth-order valence-corrected chi connectivity index (χ4v) is 2.15. The van der Waals surface area contributed by atoms with E-state index in [-0.39, 0.29) is 11.4 Å². The van der Waals surface area contributed by atoms with Gasteiger partial charge in [-0.1, -0.05) is 15.9 Å². The molecule has 0 fully saturated rings. The summed E-state index contributed by atoms with van der Waals surface area (Å²) < 4.78 is 27.0. The van der Waals surface area contributed by atoms with E-state index in [1.54, 1.807) is 12.1 Å². The minimum atomic E-state index is -0.554. The minimum absolute atomic E-state index is 0.0228. The highest BCUT2D eigenvalue weighted by molar-refractivity contribution is 9.10.